The first-order chi connectivity index (χ1) is 12.0. The molecule has 5 atom stereocenters. The van der Waals surface area contributed by atoms with Crippen LogP contribution in [0.15, 0.2) is 23.8 Å². The Morgan fingerprint density at radius 2 is 2.00 bits per heavy atom. The molecule has 4 heteroatoms. The van der Waals surface area contributed by atoms with Gasteiger partial charge in [0, 0.05) is 12.3 Å². The summed E-state index contributed by atoms with van der Waals surface area (Å²) in [5.74, 6) is 0.854. The lowest BCUT2D eigenvalue weighted by Gasteiger charge is -2.19. The first kappa shape index (κ1) is 18.7. The monoisotopic (exact) mass is 348 g/mol. The molecule has 0 amide bonds. The summed E-state index contributed by atoms with van der Waals surface area (Å²) < 4.78 is 0. The van der Waals surface area contributed by atoms with E-state index in [9.17, 15) is 15.0 Å². The van der Waals surface area contributed by atoms with Crippen molar-refractivity contribution in [1.29, 1.82) is 0 Å². The largest absolute Gasteiger partial charge is 0.481 e. The molecule has 3 aliphatic rings. The van der Waals surface area contributed by atoms with Crippen LogP contribution in [0, 0.1) is 23.7 Å². The fourth-order valence-corrected chi connectivity index (χ4v) is 5.20. The molecule has 0 heterocycles. The third-order valence-corrected chi connectivity index (χ3v) is 6.55. The second-order valence-electron chi connectivity index (χ2n) is 8.28. The molecule has 1 unspecified atom stereocenters. The second kappa shape index (κ2) is 8.50. The van der Waals surface area contributed by atoms with Crippen molar-refractivity contribution in [2.45, 2.75) is 76.4 Å². The van der Waals surface area contributed by atoms with E-state index in [1.165, 1.54) is 18.4 Å². The van der Waals surface area contributed by atoms with E-state index in [-0.39, 0.29) is 24.5 Å². The number of carbonyl (C=O) groups is 1. The van der Waals surface area contributed by atoms with Crippen LogP contribution in [0.4, 0.5) is 0 Å². The molecule has 0 aromatic rings. The van der Waals surface area contributed by atoms with Gasteiger partial charge >= 0.3 is 5.97 Å². The number of aliphatic carboxylic acids is 1. The highest BCUT2D eigenvalue weighted by atomic mass is 16.4. The van der Waals surface area contributed by atoms with Crippen molar-refractivity contribution >= 4 is 5.97 Å². The molecular formula is C21H32O4. The summed E-state index contributed by atoms with van der Waals surface area (Å²) in [5, 5.41) is 29.5. The van der Waals surface area contributed by atoms with Crippen molar-refractivity contribution in [3.05, 3.63) is 23.8 Å². The molecule has 0 bridgehead atoms. The number of aliphatic hydroxyl groups excluding tert-OH is 2. The van der Waals surface area contributed by atoms with Gasteiger partial charge in [-0.1, -0.05) is 36.6 Å². The van der Waals surface area contributed by atoms with Crippen LogP contribution in [0.5, 0.6) is 0 Å². The van der Waals surface area contributed by atoms with Gasteiger partial charge in [-0.2, -0.15) is 0 Å². The van der Waals surface area contributed by atoms with E-state index in [1.54, 1.807) is 0 Å². The van der Waals surface area contributed by atoms with Crippen LogP contribution < -0.4 is 0 Å². The Labute approximate surface area is 150 Å². The Balaban J connectivity index is 1.53. The van der Waals surface area contributed by atoms with E-state index >= 15 is 0 Å². The number of aliphatic hydroxyl groups is 2. The minimum absolute atomic E-state index is 0.158. The number of carboxylic acids is 1. The Kier molecular flexibility index (Phi) is 6.34. The van der Waals surface area contributed by atoms with Gasteiger partial charge in [-0.05, 0) is 62.7 Å². The van der Waals surface area contributed by atoms with Gasteiger partial charge < -0.3 is 15.3 Å². The first-order valence-electron chi connectivity index (χ1n) is 9.98. The quantitative estimate of drug-likeness (QED) is 0.484. The van der Waals surface area contributed by atoms with Crippen molar-refractivity contribution in [1.82, 2.24) is 0 Å². The van der Waals surface area contributed by atoms with E-state index in [1.807, 2.05) is 6.08 Å². The number of hydrogen-bond donors (Lipinski definition) is 3. The summed E-state index contributed by atoms with van der Waals surface area (Å²) in [7, 11) is 0. The topological polar surface area (TPSA) is 77.8 Å². The van der Waals surface area contributed by atoms with Gasteiger partial charge in [-0.3, -0.25) is 4.79 Å². The van der Waals surface area contributed by atoms with Gasteiger partial charge in [0.15, 0.2) is 0 Å². The van der Waals surface area contributed by atoms with Crippen molar-refractivity contribution in [2.75, 3.05) is 0 Å². The lowest BCUT2D eigenvalue weighted by molar-refractivity contribution is -0.137. The normalized spacial score (nSPS) is 35.7. The van der Waals surface area contributed by atoms with E-state index in [0.29, 0.717) is 24.2 Å². The van der Waals surface area contributed by atoms with Crippen LogP contribution in [-0.4, -0.2) is 33.5 Å². The second-order valence-corrected chi connectivity index (χ2v) is 8.28. The van der Waals surface area contributed by atoms with Crippen molar-refractivity contribution in [3.63, 3.8) is 0 Å². The standard InChI is InChI=1S/C21H32O4/c22-19(15-6-2-3-7-15)10-9-17-18-12-14(5-1-4-8-21(24)25)11-16(18)13-20(17)23/h5,9-10,15-20,22-23H,1-4,6-8,11-13H2,(H,24,25)/t16-,17+,18-,19+,20?/m0/s1. The summed E-state index contributed by atoms with van der Waals surface area (Å²) in [5.41, 5.74) is 1.43. The molecular weight excluding hydrogens is 316 g/mol. The van der Waals surface area contributed by atoms with Gasteiger partial charge in [0.05, 0.1) is 12.2 Å². The molecule has 0 saturated heterocycles. The highest BCUT2D eigenvalue weighted by molar-refractivity contribution is 5.66. The third-order valence-electron chi connectivity index (χ3n) is 6.55. The lowest BCUT2D eigenvalue weighted by Crippen LogP contribution is -2.19. The predicted octanol–water partition coefficient (Wildman–Crippen LogP) is 3.68. The Morgan fingerprint density at radius 3 is 2.72 bits per heavy atom. The summed E-state index contributed by atoms with van der Waals surface area (Å²) in [6, 6.07) is 0. The number of rotatable bonds is 7. The zero-order valence-corrected chi connectivity index (χ0v) is 15.0. The summed E-state index contributed by atoms with van der Waals surface area (Å²) >= 11 is 0. The van der Waals surface area contributed by atoms with E-state index in [0.717, 1.165) is 38.5 Å². The van der Waals surface area contributed by atoms with Crippen LogP contribution in [-0.2, 0) is 4.79 Å². The highest BCUT2D eigenvalue weighted by Crippen LogP contribution is 2.50. The predicted molar refractivity (Wildman–Crippen MR) is 97.0 cm³/mol. The van der Waals surface area contributed by atoms with Crippen molar-refractivity contribution < 1.29 is 20.1 Å². The fourth-order valence-electron chi connectivity index (χ4n) is 5.20. The SMILES string of the molecule is O=C(O)CCCC=C1C[C@H]2CC(O)[C@H](C=C[C@@H](O)C3CCCC3)[C@H]2C1. The maximum Gasteiger partial charge on any atom is 0.303 e. The third kappa shape index (κ3) is 4.73. The fraction of sp³-hybridized carbons (Fsp3) is 0.762. The van der Waals surface area contributed by atoms with Crippen LogP contribution >= 0.6 is 0 Å². The zero-order valence-electron chi connectivity index (χ0n) is 15.0. The summed E-state index contributed by atoms with van der Waals surface area (Å²) in [6.07, 6.45) is 15.0. The molecule has 0 aliphatic heterocycles. The molecule has 25 heavy (non-hydrogen) atoms. The van der Waals surface area contributed by atoms with Gasteiger partial charge in [-0.15, -0.1) is 0 Å². The molecule has 3 rings (SSSR count). The molecule has 3 N–H and O–H groups in total. The molecule has 4 nitrogen and oxygen atoms in total. The van der Waals surface area contributed by atoms with Gasteiger partial charge in [0.25, 0.3) is 0 Å². The molecule has 0 spiro atoms. The summed E-state index contributed by atoms with van der Waals surface area (Å²) in [6.45, 7) is 0. The molecule has 0 radical (unpaired) electrons. The Bertz CT molecular complexity index is 518. The van der Waals surface area contributed by atoms with Crippen LogP contribution in [0.1, 0.15) is 64.2 Å². The molecule has 140 valence electrons. The van der Waals surface area contributed by atoms with Crippen LogP contribution in [0.25, 0.3) is 0 Å². The minimum atomic E-state index is -0.726. The number of carboxylic acid groups (broad SMARTS) is 1. The Hall–Kier alpha value is -1.13. The summed E-state index contributed by atoms with van der Waals surface area (Å²) in [4.78, 5) is 10.6. The molecule has 0 aromatic heterocycles. The Morgan fingerprint density at radius 1 is 1.24 bits per heavy atom. The number of hydrogen-bond acceptors (Lipinski definition) is 3. The van der Waals surface area contributed by atoms with Crippen molar-refractivity contribution in [3.8, 4) is 0 Å². The molecule has 3 aliphatic carbocycles. The highest BCUT2D eigenvalue weighted by Gasteiger charge is 2.45. The minimum Gasteiger partial charge on any atom is -0.481 e. The molecule has 3 saturated carbocycles. The van der Waals surface area contributed by atoms with E-state index in [4.69, 9.17) is 5.11 Å². The number of allylic oxidation sites excluding steroid dienone is 2. The number of fused-ring (bicyclic) bond motifs is 1. The van der Waals surface area contributed by atoms with Crippen LogP contribution in [0.2, 0.25) is 0 Å². The van der Waals surface area contributed by atoms with E-state index < -0.39 is 5.97 Å². The number of unbranched alkanes of at least 4 members (excludes halogenated alkanes) is 1. The average Bonchev–Trinajstić information content (AvgIpc) is 3.26. The van der Waals surface area contributed by atoms with Crippen molar-refractivity contribution in [2.24, 2.45) is 23.7 Å². The van der Waals surface area contributed by atoms with Crippen LogP contribution in [0.3, 0.4) is 0 Å². The van der Waals surface area contributed by atoms with Gasteiger partial charge in [-0.25, -0.2) is 0 Å². The molecule has 0 aromatic carbocycles. The van der Waals surface area contributed by atoms with E-state index in [2.05, 4.69) is 12.2 Å². The lowest BCUT2D eigenvalue weighted by atomic mass is 9.89. The van der Waals surface area contributed by atoms with Gasteiger partial charge in [0.2, 0.25) is 0 Å². The first-order valence-corrected chi connectivity index (χ1v) is 9.98. The maximum atomic E-state index is 10.6. The maximum absolute atomic E-state index is 10.6. The smallest absolute Gasteiger partial charge is 0.303 e. The molecule has 3 fully saturated rings. The van der Waals surface area contributed by atoms with Gasteiger partial charge in [0.1, 0.15) is 0 Å². The zero-order chi connectivity index (χ0) is 17.8. The average molecular weight is 348 g/mol.